The summed E-state index contributed by atoms with van der Waals surface area (Å²) in [5.74, 6) is 1.56. The molecule has 0 spiro atoms. The Morgan fingerprint density at radius 3 is 2.42 bits per heavy atom. The first-order valence-corrected chi connectivity index (χ1v) is 9.20. The van der Waals surface area contributed by atoms with E-state index in [4.69, 9.17) is 16.6 Å². The molecule has 0 bridgehead atoms. The maximum atomic E-state index is 5.93. The van der Waals surface area contributed by atoms with Crippen LogP contribution < -0.4 is 10.2 Å². The van der Waals surface area contributed by atoms with E-state index in [1.807, 2.05) is 43.3 Å². The van der Waals surface area contributed by atoms with E-state index >= 15 is 0 Å². The quantitative estimate of drug-likeness (QED) is 0.620. The number of rotatable bonds is 7. The van der Waals surface area contributed by atoms with E-state index in [9.17, 15) is 0 Å². The van der Waals surface area contributed by atoms with Gasteiger partial charge in [-0.1, -0.05) is 41.9 Å². The van der Waals surface area contributed by atoms with Gasteiger partial charge in [0, 0.05) is 35.6 Å². The Morgan fingerprint density at radius 1 is 1.00 bits per heavy atom. The van der Waals surface area contributed by atoms with Gasteiger partial charge in [-0.3, -0.25) is 0 Å². The van der Waals surface area contributed by atoms with Gasteiger partial charge < -0.3 is 10.2 Å². The lowest BCUT2D eigenvalue weighted by atomic mass is 10.1. The molecule has 0 atom stereocenters. The summed E-state index contributed by atoms with van der Waals surface area (Å²) in [4.78, 5) is 11.4. The summed E-state index contributed by atoms with van der Waals surface area (Å²) in [5.41, 5.74) is 3.28. The molecule has 3 rings (SSSR count). The Morgan fingerprint density at radius 2 is 1.73 bits per heavy atom. The minimum Gasteiger partial charge on any atom is -0.370 e. The number of aromatic nitrogens is 2. The fraction of sp³-hybridized carbons (Fsp3) is 0.238. The summed E-state index contributed by atoms with van der Waals surface area (Å²) in [6, 6.07) is 20.1. The lowest BCUT2D eigenvalue weighted by Gasteiger charge is -2.22. The van der Waals surface area contributed by atoms with Crippen molar-refractivity contribution in [2.45, 2.75) is 20.3 Å². The lowest BCUT2D eigenvalue weighted by molar-refractivity contribution is 0.925. The molecule has 0 unspecified atom stereocenters. The summed E-state index contributed by atoms with van der Waals surface area (Å²) in [7, 11) is 0. The van der Waals surface area contributed by atoms with E-state index in [0.29, 0.717) is 5.95 Å². The Hall–Kier alpha value is -2.59. The highest BCUT2D eigenvalue weighted by atomic mass is 35.5. The lowest BCUT2D eigenvalue weighted by Crippen LogP contribution is -2.20. The zero-order valence-corrected chi connectivity index (χ0v) is 15.9. The number of nitrogens with zero attached hydrogens (tertiary/aromatic N) is 3. The van der Waals surface area contributed by atoms with Crippen LogP contribution in [0.15, 0.2) is 60.7 Å². The van der Waals surface area contributed by atoms with E-state index in [1.165, 1.54) is 5.56 Å². The Bertz CT molecular complexity index is 834. The summed E-state index contributed by atoms with van der Waals surface area (Å²) in [6.45, 7) is 5.70. The largest absolute Gasteiger partial charge is 0.370 e. The first kappa shape index (κ1) is 18.2. The molecule has 5 heteroatoms. The van der Waals surface area contributed by atoms with Crippen molar-refractivity contribution in [1.29, 1.82) is 0 Å². The molecule has 0 aliphatic carbocycles. The third-order valence-corrected chi connectivity index (χ3v) is 4.35. The first-order valence-electron chi connectivity index (χ1n) is 8.82. The second kappa shape index (κ2) is 8.68. The van der Waals surface area contributed by atoms with Crippen molar-refractivity contribution < 1.29 is 0 Å². The van der Waals surface area contributed by atoms with Gasteiger partial charge in [0.15, 0.2) is 0 Å². The van der Waals surface area contributed by atoms with E-state index in [-0.39, 0.29) is 0 Å². The Balaban J connectivity index is 1.71. The highest BCUT2D eigenvalue weighted by molar-refractivity contribution is 6.30. The number of para-hydroxylation sites is 1. The van der Waals surface area contributed by atoms with Crippen LogP contribution in [-0.4, -0.2) is 23.1 Å². The molecule has 1 heterocycles. The van der Waals surface area contributed by atoms with Gasteiger partial charge in [-0.2, -0.15) is 4.98 Å². The Kier molecular flexibility index (Phi) is 6.08. The molecule has 0 radical (unpaired) electrons. The smallest absolute Gasteiger partial charge is 0.232 e. The first-order chi connectivity index (χ1) is 12.7. The minimum atomic E-state index is 0.715. The van der Waals surface area contributed by atoms with E-state index in [0.717, 1.165) is 41.7 Å². The molecule has 1 aromatic heterocycles. The highest BCUT2D eigenvalue weighted by Gasteiger charge is 2.11. The van der Waals surface area contributed by atoms with Crippen molar-refractivity contribution in [2.75, 3.05) is 23.3 Å². The van der Waals surface area contributed by atoms with Gasteiger partial charge in [-0.15, -0.1) is 0 Å². The van der Waals surface area contributed by atoms with Crippen LogP contribution >= 0.6 is 11.6 Å². The van der Waals surface area contributed by atoms with Gasteiger partial charge in [0.05, 0.1) is 0 Å². The molecule has 2 aromatic carbocycles. The number of nitrogens with one attached hydrogen (secondary N) is 1. The van der Waals surface area contributed by atoms with Crippen LogP contribution in [0.25, 0.3) is 0 Å². The monoisotopic (exact) mass is 366 g/mol. The Labute approximate surface area is 159 Å². The van der Waals surface area contributed by atoms with Crippen molar-refractivity contribution in [3.63, 3.8) is 0 Å². The third-order valence-electron chi connectivity index (χ3n) is 4.10. The standard InChI is InChI=1S/C21H23ClN4/c1-3-26(19-7-5-4-6-8-19)21-24-16(2)15-20(25-21)23-14-13-17-9-11-18(22)12-10-17/h4-12,15H,3,13-14H2,1-2H3,(H,23,24,25). The molecule has 0 aliphatic heterocycles. The molecule has 0 saturated heterocycles. The second-order valence-electron chi connectivity index (χ2n) is 6.08. The number of benzene rings is 2. The number of halogens is 1. The summed E-state index contributed by atoms with van der Waals surface area (Å²) >= 11 is 5.93. The van der Waals surface area contributed by atoms with Gasteiger partial charge in [-0.25, -0.2) is 4.98 Å². The van der Waals surface area contributed by atoms with Gasteiger partial charge in [-0.05, 0) is 50.1 Å². The van der Waals surface area contributed by atoms with Crippen molar-refractivity contribution in [3.8, 4) is 0 Å². The van der Waals surface area contributed by atoms with Crippen LogP contribution in [0.3, 0.4) is 0 Å². The van der Waals surface area contributed by atoms with E-state index in [1.54, 1.807) is 0 Å². The molecule has 0 fully saturated rings. The zero-order valence-electron chi connectivity index (χ0n) is 15.1. The van der Waals surface area contributed by atoms with Crippen LogP contribution in [0.4, 0.5) is 17.5 Å². The van der Waals surface area contributed by atoms with Crippen LogP contribution in [0.2, 0.25) is 5.02 Å². The molecule has 3 aromatic rings. The van der Waals surface area contributed by atoms with Crippen LogP contribution in [0, 0.1) is 6.92 Å². The van der Waals surface area contributed by atoms with Gasteiger partial charge in [0.1, 0.15) is 5.82 Å². The predicted molar refractivity (Wildman–Crippen MR) is 110 cm³/mol. The molecular formula is C21H23ClN4. The maximum absolute atomic E-state index is 5.93. The van der Waals surface area contributed by atoms with Crippen LogP contribution in [0.1, 0.15) is 18.2 Å². The number of anilines is 3. The van der Waals surface area contributed by atoms with Crippen LogP contribution in [-0.2, 0) is 6.42 Å². The summed E-state index contributed by atoms with van der Waals surface area (Å²) < 4.78 is 0. The second-order valence-corrected chi connectivity index (χ2v) is 6.51. The van der Waals surface area contributed by atoms with E-state index in [2.05, 4.69) is 46.4 Å². The summed E-state index contributed by atoms with van der Waals surface area (Å²) in [5, 5.41) is 4.17. The number of hydrogen-bond acceptors (Lipinski definition) is 4. The molecular weight excluding hydrogens is 344 g/mol. The third kappa shape index (κ3) is 4.73. The van der Waals surface area contributed by atoms with Gasteiger partial charge in [0.2, 0.25) is 5.95 Å². The average molecular weight is 367 g/mol. The highest BCUT2D eigenvalue weighted by Crippen LogP contribution is 2.23. The maximum Gasteiger partial charge on any atom is 0.232 e. The van der Waals surface area contributed by atoms with Crippen molar-refractivity contribution in [2.24, 2.45) is 0 Å². The summed E-state index contributed by atoms with van der Waals surface area (Å²) in [6.07, 6.45) is 0.908. The van der Waals surface area contributed by atoms with Crippen molar-refractivity contribution >= 4 is 29.1 Å². The van der Waals surface area contributed by atoms with Crippen LogP contribution in [0.5, 0.6) is 0 Å². The fourth-order valence-corrected chi connectivity index (χ4v) is 2.92. The molecule has 1 N–H and O–H groups in total. The molecule has 0 amide bonds. The zero-order chi connectivity index (χ0) is 18.4. The number of aryl methyl sites for hydroxylation is 1. The molecule has 4 nitrogen and oxygen atoms in total. The van der Waals surface area contributed by atoms with Crippen molar-refractivity contribution in [1.82, 2.24) is 9.97 Å². The van der Waals surface area contributed by atoms with Crippen molar-refractivity contribution in [3.05, 3.63) is 76.9 Å². The average Bonchev–Trinajstić information content (AvgIpc) is 2.65. The fourth-order valence-electron chi connectivity index (χ4n) is 2.80. The van der Waals surface area contributed by atoms with Gasteiger partial charge >= 0.3 is 0 Å². The molecule has 26 heavy (non-hydrogen) atoms. The molecule has 0 saturated carbocycles. The molecule has 134 valence electrons. The molecule has 0 aliphatic rings. The topological polar surface area (TPSA) is 41.1 Å². The van der Waals surface area contributed by atoms with E-state index < -0.39 is 0 Å². The normalized spacial score (nSPS) is 10.6. The predicted octanol–water partition coefficient (Wildman–Crippen LogP) is 5.25. The van der Waals surface area contributed by atoms with Gasteiger partial charge in [0.25, 0.3) is 0 Å². The number of hydrogen-bond donors (Lipinski definition) is 1. The minimum absolute atomic E-state index is 0.715. The SMILES string of the molecule is CCN(c1ccccc1)c1nc(C)cc(NCCc2ccc(Cl)cc2)n1.